The molecule has 0 fully saturated rings. The molecule has 0 amide bonds. The van der Waals surface area contributed by atoms with Crippen molar-refractivity contribution in [2.24, 2.45) is 0 Å². The third kappa shape index (κ3) is 3.40. The molecule has 98 valence electrons. The quantitative estimate of drug-likeness (QED) is 0.636. The van der Waals surface area contributed by atoms with Crippen molar-refractivity contribution < 1.29 is 13.2 Å². The second kappa shape index (κ2) is 5.64. The predicted molar refractivity (Wildman–Crippen MR) is 71.3 cm³/mol. The summed E-state index contributed by atoms with van der Waals surface area (Å²) >= 11 is 0. The van der Waals surface area contributed by atoms with Crippen molar-refractivity contribution in [1.29, 1.82) is 0 Å². The second-order valence-electron chi connectivity index (χ2n) is 3.75. The molecule has 0 unspecified atom stereocenters. The van der Waals surface area contributed by atoms with E-state index in [-0.39, 0.29) is 10.7 Å². The molecule has 2 N–H and O–H groups in total. The van der Waals surface area contributed by atoms with Gasteiger partial charge in [-0.15, -0.1) is 4.83 Å². The number of rotatable bonds is 4. The van der Waals surface area contributed by atoms with E-state index < -0.39 is 10.0 Å². The van der Waals surface area contributed by atoms with E-state index in [4.69, 9.17) is 0 Å². The fraction of sp³-hybridized carbons (Fsp3) is 0. The first-order chi connectivity index (χ1) is 9.09. The van der Waals surface area contributed by atoms with Crippen LogP contribution in [0.15, 0.2) is 71.3 Å². The van der Waals surface area contributed by atoms with Gasteiger partial charge in [-0.1, -0.05) is 30.4 Å². The number of hydrazine groups is 1. The fourth-order valence-corrected chi connectivity index (χ4v) is 2.29. The molecule has 0 heterocycles. The Labute approximate surface area is 111 Å². The number of ketones is 1. The van der Waals surface area contributed by atoms with Crippen molar-refractivity contribution in [3.63, 3.8) is 0 Å². The highest BCUT2D eigenvalue weighted by Crippen LogP contribution is 2.07. The molecule has 1 aromatic carbocycles. The molecule has 0 aliphatic heterocycles. The summed E-state index contributed by atoms with van der Waals surface area (Å²) in [5, 5.41) is 0. The zero-order chi connectivity index (χ0) is 13.7. The Balaban J connectivity index is 2.04. The van der Waals surface area contributed by atoms with Gasteiger partial charge in [0.05, 0.1) is 4.90 Å². The van der Waals surface area contributed by atoms with Crippen LogP contribution in [0.4, 0.5) is 0 Å². The molecule has 2 rings (SSSR count). The Kier molecular flexibility index (Phi) is 3.94. The molecule has 0 spiro atoms. The molecular formula is C13H12N2O3S. The Hall–Kier alpha value is -2.18. The largest absolute Gasteiger partial charge is 0.314 e. The first-order valence-corrected chi connectivity index (χ1v) is 6.99. The molecule has 1 aromatic rings. The van der Waals surface area contributed by atoms with Crippen LogP contribution in [-0.2, 0) is 14.8 Å². The topological polar surface area (TPSA) is 75.3 Å². The molecule has 19 heavy (non-hydrogen) atoms. The standard InChI is InChI=1S/C13H12N2O3S/c16-13-9-5-4-6-11(13)10-14-15-19(17,18)12-7-2-1-3-8-12/h1-10,14-15H/b11-10+. The number of hydrogen-bond acceptors (Lipinski definition) is 4. The van der Waals surface area contributed by atoms with Gasteiger partial charge in [-0.2, -0.15) is 0 Å². The van der Waals surface area contributed by atoms with Crippen LogP contribution < -0.4 is 10.3 Å². The summed E-state index contributed by atoms with van der Waals surface area (Å²) in [5.74, 6) is -0.186. The van der Waals surface area contributed by atoms with Crippen LogP contribution in [-0.4, -0.2) is 14.2 Å². The highest BCUT2D eigenvalue weighted by atomic mass is 32.2. The van der Waals surface area contributed by atoms with Crippen molar-refractivity contribution in [3.8, 4) is 0 Å². The van der Waals surface area contributed by atoms with E-state index in [0.29, 0.717) is 5.57 Å². The Morgan fingerprint density at radius 3 is 2.37 bits per heavy atom. The summed E-state index contributed by atoms with van der Waals surface area (Å²) in [5.41, 5.74) is 2.79. The van der Waals surface area contributed by atoms with Gasteiger partial charge in [0, 0.05) is 11.8 Å². The monoisotopic (exact) mass is 276 g/mol. The van der Waals surface area contributed by atoms with Gasteiger partial charge < -0.3 is 5.43 Å². The smallest absolute Gasteiger partial charge is 0.257 e. The van der Waals surface area contributed by atoms with E-state index in [9.17, 15) is 13.2 Å². The average molecular weight is 276 g/mol. The van der Waals surface area contributed by atoms with Crippen LogP contribution in [0.2, 0.25) is 0 Å². The summed E-state index contributed by atoms with van der Waals surface area (Å²) in [6, 6.07) is 7.94. The number of hydrogen-bond donors (Lipinski definition) is 2. The number of carbonyl (C=O) groups excluding carboxylic acids is 1. The van der Waals surface area contributed by atoms with E-state index in [0.717, 1.165) is 0 Å². The zero-order valence-electron chi connectivity index (χ0n) is 9.91. The van der Waals surface area contributed by atoms with Gasteiger partial charge in [0.15, 0.2) is 5.78 Å². The summed E-state index contributed by atoms with van der Waals surface area (Å²) in [6.45, 7) is 0. The van der Waals surface area contributed by atoms with Gasteiger partial charge in [-0.3, -0.25) is 4.79 Å². The number of sulfonamides is 1. The van der Waals surface area contributed by atoms with Crippen LogP contribution in [0.3, 0.4) is 0 Å². The molecule has 0 saturated carbocycles. The van der Waals surface area contributed by atoms with Gasteiger partial charge >= 0.3 is 0 Å². The minimum Gasteiger partial charge on any atom is -0.314 e. The third-order valence-electron chi connectivity index (χ3n) is 2.39. The minimum atomic E-state index is -3.64. The van der Waals surface area contributed by atoms with Crippen LogP contribution in [0.1, 0.15) is 0 Å². The average Bonchev–Trinajstić information content (AvgIpc) is 2.42. The highest BCUT2D eigenvalue weighted by molar-refractivity contribution is 7.89. The molecule has 1 aliphatic carbocycles. The van der Waals surface area contributed by atoms with E-state index >= 15 is 0 Å². The van der Waals surface area contributed by atoms with Crippen LogP contribution in [0, 0.1) is 0 Å². The summed E-state index contributed by atoms with van der Waals surface area (Å²) in [4.78, 5) is 13.7. The van der Waals surface area contributed by atoms with Gasteiger partial charge in [-0.25, -0.2) is 8.42 Å². The van der Waals surface area contributed by atoms with Crippen molar-refractivity contribution in [1.82, 2.24) is 10.3 Å². The Morgan fingerprint density at radius 1 is 1.00 bits per heavy atom. The molecule has 5 nitrogen and oxygen atoms in total. The molecule has 0 atom stereocenters. The molecule has 0 radical (unpaired) electrons. The summed E-state index contributed by atoms with van der Waals surface area (Å²) in [6.07, 6.45) is 7.61. The van der Waals surface area contributed by atoms with Crippen LogP contribution >= 0.6 is 0 Å². The predicted octanol–water partition coefficient (Wildman–Crippen LogP) is 1.05. The number of nitrogens with one attached hydrogen (secondary N) is 2. The lowest BCUT2D eigenvalue weighted by Crippen LogP contribution is -2.34. The van der Waals surface area contributed by atoms with Crippen molar-refractivity contribution in [2.75, 3.05) is 0 Å². The van der Waals surface area contributed by atoms with Crippen molar-refractivity contribution in [2.45, 2.75) is 4.90 Å². The maximum absolute atomic E-state index is 11.8. The first kappa shape index (κ1) is 13.3. The fourth-order valence-electron chi connectivity index (χ4n) is 1.44. The Morgan fingerprint density at radius 2 is 1.68 bits per heavy atom. The van der Waals surface area contributed by atoms with Crippen molar-refractivity contribution >= 4 is 15.8 Å². The zero-order valence-corrected chi connectivity index (χ0v) is 10.7. The molecule has 0 aromatic heterocycles. The highest BCUT2D eigenvalue weighted by Gasteiger charge is 2.12. The molecule has 6 heteroatoms. The van der Waals surface area contributed by atoms with E-state index in [1.54, 1.807) is 36.4 Å². The lowest BCUT2D eigenvalue weighted by Gasteiger charge is -2.07. The van der Waals surface area contributed by atoms with Gasteiger partial charge in [0.2, 0.25) is 0 Å². The summed E-state index contributed by atoms with van der Waals surface area (Å²) in [7, 11) is -3.64. The van der Waals surface area contributed by atoms with E-state index in [1.165, 1.54) is 24.4 Å². The van der Waals surface area contributed by atoms with Crippen molar-refractivity contribution in [3.05, 3.63) is 66.4 Å². The number of benzene rings is 1. The molecule has 0 bridgehead atoms. The maximum atomic E-state index is 11.8. The molecule has 1 aliphatic rings. The molecular weight excluding hydrogens is 264 g/mol. The van der Waals surface area contributed by atoms with E-state index in [2.05, 4.69) is 10.3 Å². The third-order valence-corrected chi connectivity index (χ3v) is 3.67. The number of allylic oxidation sites excluding steroid dienone is 5. The van der Waals surface area contributed by atoms with Crippen LogP contribution in [0.25, 0.3) is 0 Å². The SMILES string of the molecule is O=C1C=CC=C/C1=C\NNS(=O)(=O)c1ccccc1. The van der Waals surface area contributed by atoms with Gasteiger partial charge in [0.25, 0.3) is 10.0 Å². The first-order valence-electron chi connectivity index (χ1n) is 5.51. The van der Waals surface area contributed by atoms with Gasteiger partial charge in [-0.05, 0) is 24.3 Å². The van der Waals surface area contributed by atoms with Gasteiger partial charge in [0.1, 0.15) is 0 Å². The lowest BCUT2D eigenvalue weighted by molar-refractivity contribution is -0.111. The minimum absolute atomic E-state index is 0.145. The second-order valence-corrected chi connectivity index (χ2v) is 5.43. The number of carbonyl (C=O) groups is 1. The Bertz CT molecular complexity index is 658. The van der Waals surface area contributed by atoms with E-state index in [1.807, 2.05) is 0 Å². The molecule has 0 saturated heterocycles. The summed E-state index contributed by atoms with van der Waals surface area (Å²) < 4.78 is 23.7. The lowest BCUT2D eigenvalue weighted by atomic mass is 10.1. The maximum Gasteiger partial charge on any atom is 0.257 e. The normalized spacial score (nSPS) is 16.8. The van der Waals surface area contributed by atoms with Crippen LogP contribution in [0.5, 0.6) is 0 Å².